The summed E-state index contributed by atoms with van der Waals surface area (Å²) in [4.78, 5) is 4.23. The van der Waals surface area contributed by atoms with Gasteiger partial charge in [0.05, 0.1) is 25.4 Å². The van der Waals surface area contributed by atoms with Crippen LogP contribution in [0.5, 0.6) is 5.75 Å². The number of aromatic nitrogens is 2. The topological polar surface area (TPSA) is 63.5 Å². The zero-order valence-electron chi connectivity index (χ0n) is 16.2. The molecular weight excluding hydrogens is 345 g/mol. The van der Waals surface area contributed by atoms with Crippen molar-refractivity contribution in [3.63, 3.8) is 0 Å². The Bertz CT molecular complexity index is 784. The maximum absolute atomic E-state index is 14.3. The van der Waals surface area contributed by atoms with Crippen LogP contribution < -0.4 is 15.4 Å². The third-order valence-corrected chi connectivity index (χ3v) is 4.60. The highest BCUT2D eigenvalue weighted by Crippen LogP contribution is 2.30. The van der Waals surface area contributed by atoms with Gasteiger partial charge in [0.25, 0.3) is 0 Å². The minimum absolute atomic E-state index is 0.0878. The minimum atomic E-state index is -0.321. The van der Waals surface area contributed by atoms with E-state index in [2.05, 4.69) is 20.7 Å². The second-order valence-electron chi connectivity index (χ2n) is 7.09. The molecule has 1 heterocycles. The number of ether oxygens (including phenoxy) is 1. The quantitative estimate of drug-likeness (QED) is 0.551. The maximum atomic E-state index is 14.3. The van der Waals surface area contributed by atoms with Crippen molar-refractivity contribution in [3.8, 4) is 5.75 Å². The second kappa shape index (κ2) is 8.88. The van der Waals surface area contributed by atoms with Crippen LogP contribution in [0.15, 0.2) is 35.6 Å². The Kier molecular flexibility index (Phi) is 6.32. The van der Waals surface area contributed by atoms with Crippen molar-refractivity contribution >= 4 is 5.96 Å². The van der Waals surface area contributed by atoms with E-state index in [1.807, 2.05) is 37.0 Å². The Labute approximate surface area is 159 Å². The molecule has 1 unspecified atom stereocenters. The first-order valence-electron chi connectivity index (χ1n) is 9.43. The first-order valence-corrected chi connectivity index (χ1v) is 9.43. The van der Waals surface area contributed by atoms with E-state index in [1.54, 1.807) is 13.1 Å². The number of nitrogens with zero attached hydrogens (tertiary/aromatic N) is 3. The molecule has 3 rings (SSSR count). The van der Waals surface area contributed by atoms with Crippen LogP contribution in [-0.2, 0) is 6.54 Å². The molecular formula is C20H28FN5O. The summed E-state index contributed by atoms with van der Waals surface area (Å²) in [6, 6.07) is 5.04. The normalized spacial score (nSPS) is 15.5. The molecule has 0 amide bonds. The molecule has 27 heavy (non-hydrogen) atoms. The summed E-state index contributed by atoms with van der Waals surface area (Å²) in [5, 5.41) is 10.8. The van der Waals surface area contributed by atoms with Crippen LogP contribution in [0, 0.1) is 18.7 Å². The highest BCUT2D eigenvalue weighted by Gasteiger charge is 2.22. The number of nitrogens with one attached hydrogen (secondary N) is 2. The van der Waals surface area contributed by atoms with E-state index in [4.69, 9.17) is 4.74 Å². The highest BCUT2D eigenvalue weighted by molar-refractivity contribution is 5.80. The molecule has 6 nitrogen and oxygen atoms in total. The summed E-state index contributed by atoms with van der Waals surface area (Å²) in [6.45, 7) is 6.03. The Morgan fingerprint density at radius 1 is 1.44 bits per heavy atom. The van der Waals surface area contributed by atoms with Crippen molar-refractivity contribution in [1.29, 1.82) is 0 Å². The van der Waals surface area contributed by atoms with Crippen LogP contribution in [-0.4, -0.2) is 35.9 Å². The monoisotopic (exact) mass is 373 g/mol. The average molecular weight is 373 g/mol. The lowest BCUT2D eigenvalue weighted by molar-refractivity contribution is 0.285. The van der Waals surface area contributed by atoms with Crippen LogP contribution in [0.1, 0.15) is 36.9 Å². The molecule has 7 heteroatoms. The molecule has 1 aliphatic rings. The van der Waals surface area contributed by atoms with Crippen molar-refractivity contribution in [2.45, 2.75) is 39.3 Å². The maximum Gasteiger partial charge on any atom is 0.191 e. The number of rotatable bonds is 8. The number of hydrogen-bond acceptors (Lipinski definition) is 3. The molecule has 1 saturated carbocycles. The van der Waals surface area contributed by atoms with E-state index in [0.29, 0.717) is 30.8 Å². The van der Waals surface area contributed by atoms with Gasteiger partial charge in [-0.05, 0) is 55.9 Å². The van der Waals surface area contributed by atoms with E-state index >= 15 is 0 Å². The molecule has 0 saturated heterocycles. The zero-order chi connectivity index (χ0) is 19.2. The summed E-state index contributed by atoms with van der Waals surface area (Å²) in [6.07, 6.45) is 6.21. The molecule has 146 valence electrons. The molecule has 0 radical (unpaired) electrons. The number of aryl methyl sites for hydroxylation is 1. The number of halogens is 1. The summed E-state index contributed by atoms with van der Waals surface area (Å²) >= 11 is 0. The van der Waals surface area contributed by atoms with Crippen LogP contribution in [0.2, 0.25) is 0 Å². The SMILES string of the molecule is CN=C(NCCn1cc(C)cn1)NC(C)c1ccc(OCC2CC2)c(F)c1. The van der Waals surface area contributed by atoms with Crippen molar-refractivity contribution < 1.29 is 9.13 Å². The molecule has 2 N–H and O–H groups in total. The van der Waals surface area contributed by atoms with E-state index in [-0.39, 0.29) is 11.9 Å². The lowest BCUT2D eigenvalue weighted by Gasteiger charge is -2.19. The van der Waals surface area contributed by atoms with Gasteiger partial charge < -0.3 is 15.4 Å². The summed E-state index contributed by atoms with van der Waals surface area (Å²) < 4.78 is 21.7. The van der Waals surface area contributed by atoms with Crippen LogP contribution >= 0.6 is 0 Å². The fourth-order valence-electron chi connectivity index (χ4n) is 2.76. The van der Waals surface area contributed by atoms with Gasteiger partial charge in [0.15, 0.2) is 17.5 Å². The molecule has 1 fully saturated rings. The highest BCUT2D eigenvalue weighted by atomic mass is 19.1. The lowest BCUT2D eigenvalue weighted by Crippen LogP contribution is -2.40. The molecule has 1 aromatic carbocycles. The number of hydrogen-bond donors (Lipinski definition) is 2. The van der Waals surface area contributed by atoms with Gasteiger partial charge in [-0.3, -0.25) is 9.67 Å². The predicted octanol–water partition coefficient (Wildman–Crippen LogP) is 3.05. The smallest absolute Gasteiger partial charge is 0.191 e. The molecule has 0 aliphatic heterocycles. The van der Waals surface area contributed by atoms with Crippen molar-refractivity contribution in [2.75, 3.05) is 20.2 Å². The Morgan fingerprint density at radius 3 is 2.89 bits per heavy atom. The van der Waals surface area contributed by atoms with Gasteiger partial charge in [-0.1, -0.05) is 6.07 Å². The van der Waals surface area contributed by atoms with E-state index in [1.165, 1.54) is 18.9 Å². The van der Waals surface area contributed by atoms with E-state index < -0.39 is 0 Å². The fourth-order valence-corrected chi connectivity index (χ4v) is 2.76. The average Bonchev–Trinajstić information content (AvgIpc) is 3.40. The third kappa shape index (κ3) is 5.70. The second-order valence-corrected chi connectivity index (χ2v) is 7.09. The Morgan fingerprint density at radius 2 is 2.26 bits per heavy atom. The van der Waals surface area contributed by atoms with Crippen molar-refractivity contribution in [1.82, 2.24) is 20.4 Å². The van der Waals surface area contributed by atoms with Crippen molar-refractivity contribution in [2.24, 2.45) is 10.9 Å². The van der Waals surface area contributed by atoms with Crippen LogP contribution in [0.25, 0.3) is 0 Å². The molecule has 1 aliphatic carbocycles. The van der Waals surface area contributed by atoms with Crippen LogP contribution in [0.4, 0.5) is 4.39 Å². The molecule has 1 aromatic heterocycles. The van der Waals surface area contributed by atoms with Crippen molar-refractivity contribution in [3.05, 3.63) is 47.5 Å². The van der Waals surface area contributed by atoms with Gasteiger partial charge in [0.2, 0.25) is 0 Å². The van der Waals surface area contributed by atoms with Crippen LogP contribution in [0.3, 0.4) is 0 Å². The first-order chi connectivity index (χ1) is 13.0. The minimum Gasteiger partial charge on any atom is -0.490 e. The summed E-state index contributed by atoms with van der Waals surface area (Å²) in [5.74, 6) is 1.28. The van der Waals surface area contributed by atoms with Gasteiger partial charge in [-0.15, -0.1) is 0 Å². The third-order valence-electron chi connectivity index (χ3n) is 4.60. The van der Waals surface area contributed by atoms with E-state index in [9.17, 15) is 4.39 Å². The Hall–Kier alpha value is -2.57. The zero-order valence-corrected chi connectivity index (χ0v) is 16.2. The van der Waals surface area contributed by atoms with Gasteiger partial charge in [-0.25, -0.2) is 4.39 Å². The number of benzene rings is 1. The molecule has 0 bridgehead atoms. The fraction of sp³-hybridized carbons (Fsp3) is 0.500. The Balaban J connectivity index is 1.49. The molecule has 2 aromatic rings. The number of aliphatic imine (C=N–C) groups is 1. The predicted molar refractivity (Wildman–Crippen MR) is 104 cm³/mol. The molecule has 1 atom stereocenters. The number of guanidine groups is 1. The first kappa shape index (κ1) is 19.2. The molecule has 0 spiro atoms. The van der Waals surface area contributed by atoms with Gasteiger partial charge in [0.1, 0.15) is 0 Å². The summed E-state index contributed by atoms with van der Waals surface area (Å²) in [7, 11) is 1.72. The van der Waals surface area contributed by atoms with E-state index in [0.717, 1.165) is 17.7 Å². The largest absolute Gasteiger partial charge is 0.490 e. The van der Waals surface area contributed by atoms with Gasteiger partial charge in [-0.2, -0.15) is 5.10 Å². The van der Waals surface area contributed by atoms with Gasteiger partial charge in [0, 0.05) is 19.8 Å². The lowest BCUT2D eigenvalue weighted by atomic mass is 10.1. The van der Waals surface area contributed by atoms with Gasteiger partial charge >= 0.3 is 0 Å². The summed E-state index contributed by atoms with van der Waals surface area (Å²) in [5.41, 5.74) is 1.98. The standard InChI is InChI=1S/C20H28FN5O/c1-14-11-24-26(12-14)9-8-23-20(22-3)25-15(2)17-6-7-19(18(21)10-17)27-13-16-4-5-16/h6-7,10-12,15-16H,4-5,8-9,13H2,1-3H3,(H2,22,23,25).